The van der Waals surface area contributed by atoms with Gasteiger partial charge in [0.2, 0.25) is 0 Å². The van der Waals surface area contributed by atoms with Crippen LogP contribution in [0.1, 0.15) is 16.2 Å². The number of aryl methyl sites for hydroxylation is 1. The van der Waals surface area contributed by atoms with E-state index < -0.39 is 5.97 Å². The lowest BCUT2D eigenvalue weighted by atomic mass is 10.4. The number of carboxylic acids is 1. The van der Waals surface area contributed by atoms with E-state index >= 15 is 0 Å². The van der Waals surface area contributed by atoms with Crippen LogP contribution in [-0.2, 0) is 13.6 Å². The van der Waals surface area contributed by atoms with Gasteiger partial charge >= 0.3 is 5.97 Å². The summed E-state index contributed by atoms with van der Waals surface area (Å²) in [6.07, 6.45) is 4.42. The molecule has 0 bridgehead atoms. The Kier molecular flexibility index (Phi) is 3.22. The second kappa shape index (κ2) is 4.82. The lowest BCUT2D eigenvalue weighted by Gasteiger charge is -2.17. The van der Waals surface area contributed by atoms with Gasteiger partial charge in [-0.25, -0.2) is 14.8 Å². The summed E-state index contributed by atoms with van der Waals surface area (Å²) in [4.78, 5) is 20.4. The van der Waals surface area contributed by atoms with Crippen molar-refractivity contribution in [2.75, 3.05) is 11.9 Å². The molecule has 0 saturated heterocycles. The van der Waals surface area contributed by atoms with Gasteiger partial charge in [0.05, 0.1) is 24.6 Å². The van der Waals surface area contributed by atoms with Gasteiger partial charge in [-0.05, 0) is 6.07 Å². The van der Waals surface area contributed by atoms with E-state index in [0.717, 1.165) is 5.69 Å². The molecule has 0 aliphatic rings. The first-order valence-corrected chi connectivity index (χ1v) is 5.31. The minimum absolute atomic E-state index is 0.0623. The fourth-order valence-electron chi connectivity index (χ4n) is 1.51. The van der Waals surface area contributed by atoms with Crippen molar-refractivity contribution in [2.24, 2.45) is 7.05 Å². The third-order valence-corrected chi connectivity index (χ3v) is 2.57. The van der Waals surface area contributed by atoms with Crippen LogP contribution in [-0.4, -0.2) is 37.9 Å². The normalized spacial score (nSPS) is 10.3. The van der Waals surface area contributed by atoms with Crippen molar-refractivity contribution in [3.63, 3.8) is 0 Å². The molecule has 0 radical (unpaired) electrons. The maximum Gasteiger partial charge on any atom is 0.356 e. The number of aromatic nitrogens is 4. The number of carbonyl (C=O) groups is 1. The minimum atomic E-state index is -1.08. The summed E-state index contributed by atoms with van der Waals surface area (Å²) in [6.45, 7) is 0.623. The maximum atomic E-state index is 10.7. The predicted molar refractivity (Wildman–Crippen MR) is 64.3 cm³/mol. The molecule has 18 heavy (non-hydrogen) atoms. The Morgan fingerprint density at radius 2 is 2.22 bits per heavy atom. The zero-order valence-electron chi connectivity index (χ0n) is 10.1. The molecular formula is C11H13N5O2. The van der Waals surface area contributed by atoms with Crippen molar-refractivity contribution in [1.29, 1.82) is 0 Å². The van der Waals surface area contributed by atoms with Crippen molar-refractivity contribution < 1.29 is 9.90 Å². The number of aromatic carboxylic acids is 1. The summed E-state index contributed by atoms with van der Waals surface area (Å²) < 4.78 is 1.77. The molecule has 0 aliphatic carbocycles. The third kappa shape index (κ3) is 2.45. The third-order valence-electron chi connectivity index (χ3n) is 2.57. The van der Waals surface area contributed by atoms with Crippen LogP contribution in [0.5, 0.6) is 0 Å². The van der Waals surface area contributed by atoms with E-state index in [-0.39, 0.29) is 5.69 Å². The highest BCUT2D eigenvalue weighted by atomic mass is 16.4. The van der Waals surface area contributed by atoms with Crippen LogP contribution in [0.3, 0.4) is 0 Å². The van der Waals surface area contributed by atoms with Crippen LogP contribution in [0.2, 0.25) is 0 Å². The van der Waals surface area contributed by atoms with Crippen LogP contribution in [0.4, 0.5) is 5.82 Å². The lowest BCUT2D eigenvalue weighted by Crippen LogP contribution is -2.20. The number of hydrogen-bond donors (Lipinski definition) is 1. The molecule has 0 amide bonds. The van der Waals surface area contributed by atoms with Gasteiger partial charge in [0, 0.05) is 20.3 Å². The lowest BCUT2D eigenvalue weighted by molar-refractivity contribution is 0.0690. The molecular weight excluding hydrogens is 234 g/mol. The zero-order chi connectivity index (χ0) is 13.1. The van der Waals surface area contributed by atoms with Gasteiger partial charge in [-0.1, -0.05) is 0 Å². The van der Waals surface area contributed by atoms with Gasteiger partial charge in [0.1, 0.15) is 5.82 Å². The molecule has 0 unspecified atom stereocenters. The Bertz CT molecular complexity index is 549. The zero-order valence-corrected chi connectivity index (χ0v) is 10.1. The van der Waals surface area contributed by atoms with Crippen molar-refractivity contribution >= 4 is 11.8 Å². The number of hydrogen-bond acceptors (Lipinski definition) is 5. The number of carboxylic acid groups (broad SMARTS) is 1. The minimum Gasteiger partial charge on any atom is -0.476 e. The van der Waals surface area contributed by atoms with E-state index in [0.29, 0.717) is 12.4 Å². The first-order valence-electron chi connectivity index (χ1n) is 5.31. The largest absolute Gasteiger partial charge is 0.476 e. The SMILES string of the molecule is CN(Cc1ccnn1C)c1cnc(C(=O)O)cn1. The number of rotatable bonds is 4. The smallest absolute Gasteiger partial charge is 0.356 e. The number of nitrogens with zero attached hydrogens (tertiary/aromatic N) is 5. The van der Waals surface area contributed by atoms with Crippen LogP contribution in [0, 0.1) is 0 Å². The maximum absolute atomic E-state index is 10.7. The van der Waals surface area contributed by atoms with Crippen LogP contribution in [0.15, 0.2) is 24.7 Å². The Balaban J connectivity index is 2.12. The van der Waals surface area contributed by atoms with Crippen molar-refractivity contribution in [2.45, 2.75) is 6.54 Å². The second-order valence-corrected chi connectivity index (χ2v) is 3.87. The Hall–Kier alpha value is -2.44. The molecule has 7 heteroatoms. The molecule has 0 atom stereocenters. The monoisotopic (exact) mass is 247 g/mol. The predicted octanol–water partition coefficient (Wildman–Crippen LogP) is 0.545. The average molecular weight is 247 g/mol. The van der Waals surface area contributed by atoms with Gasteiger partial charge in [0.15, 0.2) is 5.69 Å². The molecule has 0 spiro atoms. The average Bonchev–Trinajstić information content (AvgIpc) is 2.75. The quantitative estimate of drug-likeness (QED) is 0.849. The molecule has 1 N–H and O–H groups in total. The molecule has 0 aliphatic heterocycles. The second-order valence-electron chi connectivity index (χ2n) is 3.87. The molecule has 7 nitrogen and oxygen atoms in total. The van der Waals surface area contributed by atoms with Gasteiger partial charge < -0.3 is 10.0 Å². The molecule has 0 saturated carbocycles. The van der Waals surface area contributed by atoms with Gasteiger partial charge in [-0.2, -0.15) is 5.10 Å². The molecule has 0 fully saturated rings. The van der Waals surface area contributed by atoms with Crippen LogP contribution in [0.25, 0.3) is 0 Å². The fraction of sp³-hybridized carbons (Fsp3) is 0.273. The first-order chi connectivity index (χ1) is 8.58. The fourth-order valence-corrected chi connectivity index (χ4v) is 1.51. The summed E-state index contributed by atoms with van der Waals surface area (Å²) in [7, 11) is 3.72. The van der Waals surface area contributed by atoms with E-state index in [9.17, 15) is 4.79 Å². The summed E-state index contributed by atoms with van der Waals surface area (Å²) in [5, 5.41) is 12.8. The topological polar surface area (TPSA) is 84.1 Å². The van der Waals surface area contributed by atoms with Crippen molar-refractivity contribution in [3.05, 3.63) is 36.0 Å². The van der Waals surface area contributed by atoms with Crippen molar-refractivity contribution in [1.82, 2.24) is 19.7 Å². The molecule has 2 aromatic heterocycles. The van der Waals surface area contributed by atoms with Gasteiger partial charge in [0.25, 0.3) is 0 Å². The first kappa shape index (κ1) is 12.0. The van der Waals surface area contributed by atoms with E-state index in [4.69, 9.17) is 5.11 Å². The van der Waals surface area contributed by atoms with Crippen molar-refractivity contribution in [3.8, 4) is 0 Å². The summed E-state index contributed by atoms with van der Waals surface area (Å²) in [5.41, 5.74) is 0.967. The molecule has 2 aromatic rings. The van der Waals surface area contributed by atoms with Crippen LogP contribution >= 0.6 is 0 Å². The Labute approximate surface area is 104 Å². The van der Waals surface area contributed by atoms with E-state index in [2.05, 4.69) is 15.1 Å². The Morgan fingerprint density at radius 3 is 2.72 bits per heavy atom. The van der Waals surface area contributed by atoms with E-state index in [1.807, 2.05) is 25.1 Å². The highest BCUT2D eigenvalue weighted by molar-refractivity contribution is 5.84. The molecule has 2 rings (SSSR count). The summed E-state index contributed by atoms with van der Waals surface area (Å²) in [6, 6.07) is 1.91. The van der Waals surface area contributed by atoms with Gasteiger partial charge in [-0.3, -0.25) is 4.68 Å². The van der Waals surface area contributed by atoms with Crippen LogP contribution < -0.4 is 4.90 Å². The van der Waals surface area contributed by atoms with Gasteiger partial charge in [-0.15, -0.1) is 0 Å². The Morgan fingerprint density at radius 1 is 1.44 bits per heavy atom. The highest BCUT2D eigenvalue weighted by Gasteiger charge is 2.09. The molecule has 2 heterocycles. The summed E-state index contributed by atoms with van der Waals surface area (Å²) in [5.74, 6) is -0.468. The molecule has 94 valence electrons. The molecule has 0 aromatic carbocycles. The standard InChI is InChI=1S/C11H13N5O2/c1-15(7-8-3-4-14-16(8)2)10-6-12-9(5-13-10)11(17)18/h3-6H,7H2,1-2H3,(H,17,18). The summed E-state index contributed by atoms with van der Waals surface area (Å²) >= 11 is 0. The highest BCUT2D eigenvalue weighted by Crippen LogP contribution is 2.10. The van der Waals surface area contributed by atoms with E-state index in [1.165, 1.54) is 12.4 Å². The number of anilines is 1. The van der Waals surface area contributed by atoms with E-state index in [1.54, 1.807) is 10.9 Å².